The van der Waals surface area contributed by atoms with E-state index in [4.69, 9.17) is 9.47 Å². The van der Waals surface area contributed by atoms with Gasteiger partial charge in [0.05, 0.1) is 17.7 Å². The Kier molecular flexibility index (Phi) is 5.18. The molecular weight excluding hydrogens is 254 g/mol. The van der Waals surface area contributed by atoms with Crippen molar-refractivity contribution in [3.05, 3.63) is 42.5 Å². The van der Waals surface area contributed by atoms with E-state index in [1.165, 1.54) is 0 Å². The predicted molar refractivity (Wildman–Crippen MR) is 78.0 cm³/mol. The van der Waals surface area contributed by atoms with Crippen molar-refractivity contribution in [2.75, 3.05) is 13.7 Å². The van der Waals surface area contributed by atoms with Crippen LogP contribution >= 0.6 is 0 Å². The van der Waals surface area contributed by atoms with Crippen LogP contribution in [0.3, 0.4) is 0 Å². The van der Waals surface area contributed by atoms with Gasteiger partial charge in [0.2, 0.25) is 0 Å². The van der Waals surface area contributed by atoms with Crippen molar-refractivity contribution in [1.82, 2.24) is 5.32 Å². The van der Waals surface area contributed by atoms with E-state index in [0.717, 1.165) is 19.3 Å². The number of carbonyl (C=O) groups is 1. The van der Waals surface area contributed by atoms with Gasteiger partial charge >= 0.3 is 0 Å². The first-order chi connectivity index (χ1) is 9.76. The maximum atomic E-state index is 12.4. The molecule has 0 bridgehead atoms. The number of nitrogens with one attached hydrogen (secondary N) is 1. The minimum Gasteiger partial charge on any atom is -0.489 e. The van der Waals surface area contributed by atoms with E-state index in [1.807, 2.05) is 12.1 Å². The SMILES string of the molecule is C=CCOc1ccccc1C(=O)NC1CCCC1OC. The Morgan fingerprint density at radius 1 is 1.45 bits per heavy atom. The predicted octanol–water partition coefficient (Wildman–Crippen LogP) is 2.55. The number of hydrogen-bond donors (Lipinski definition) is 1. The molecule has 0 saturated heterocycles. The fourth-order valence-corrected chi connectivity index (χ4v) is 2.55. The topological polar surface area (TPSA) is 47.6 Å². The molecule has 0 heterocycles. The summed E-state index contributed by atoms with van der Waals surface area (Å²) in [7, 11) is 1.69. The summed E-state index contributed by atoms with van der Waals surface area (Å²) in [5, 5.41) is 3.04. The van der Waals surface area contributed by atoms with Crippen molar-refractivity contribution in [1.29, 1.82) is 0 Å². The molecule has 0 spiro atoms. The van der Waals surface area contributed by atoms with E-state index in [2.05, 4.69) is 11.9 Å². The molecule has 1 aromatic rings. The lowest BCUT2D eigenvalue weighted by Gasteiger charge is -2.20. The van der Waals surface area contributed by atoms with Gasteiger partial charge in [-0.25, -0.2) is 0 Å². The average Bonchev–Trinajstić information content (AvgIpc) is 2.92. The van der Waals surface area contributed by atoms with Crippen molar-refractivity contribution < 1.29 is 14.3 Å². The van der Waals surface area contributed by atoms with Gasteiger partial charge in [-0.2, -0.15) is 0 Å². The van der Waals surface area contributed by atoms with Gasteiger partial charge in [-0.3, -0.25) is 4.79 Å². The molecule has 1 aliphatic rings. The Hall–Kier alpha value is -1.81. The van der Waals surface area contributed by atoms with Crippen LogP contribution in [0.25, 0.3) is 0 Å². The third kappa shape index (κ3) is 3.39. The highest BCUT2D eigenvalue weighted by atomic mass is 16.5. The summed E-state index contributed by atoms with van der Waals surface area (Å²) in [6, 6.07) is 7.33. The van der Waals surface area contributed by atoms with Gasteiger partial charge in [0.15, 0.2) is 0 Å². The third-order valence-corrected chi connectivity index (χ3v) is 3.56. The van der Waals surface area contributed by atoms with Gasteiger partial charge in [0, 0.05) is 7.11 Å². The summed E-state index contributed by atoms with van der Waals surface area (Å²) in [5.74, 6) is 0.468. The number of methoxy groups -OCH3 is 1. The Labute approximate surface area is 119 Å². The van der Waals surface area contributed by atoms with Crippen LogP contribution in [0.4, 0.5) is 0 Å². The molecule has 4 heteroatoms. The van der Waals surface area contributed by atoms with Crippen LogP contribution in [0.5, 0.6) is 5.75 Å². The fourth-order valence-electron chi connectivity index (χ4n) is 2.55. The molecule has 1 amide bonds. The number of benzene rings is 1. The van der Waals surface area contributed by atoms with Gasteiger partial charge in [-0.05, 0) is 31.4 Å². The lowest BCUT2D eigenvalue weighted by molar-refractivity contribution is 0.0720. The van der Waals surface area contributed by atoms with E-state index >= 15 is 0 Å². The van der Waals surface area contributed by atoms with E-state index in [0.29, 0.717) is 17.9 Å². The summed E-state index contributed by atoms with van der Waals surface area (Å²) in [6.07, 6.45) is 4.81. The monoisotopic (exact) mass is 275 g/mol. The zero-order valence-corrected chi connectivity index (χ0v) is 11.8. The van der Waals surface area contributed by atoms with Crippen LogP contribution in [-0.2, 0) is 4.74 Å². The lowest BCUT2D eigenvalue weighted by Crippen LogP contribution is -2.40. The van der Waals surface area contributed by atoms with Crippen molar-refractivity contribution in [3.8, 4) is 5.75 Å². The van der Waals surface area contributed by atoms with E-state index in [-0.39, 0.29) is 18.1 Å². The zero-order chi connectivity index (χ0) is 14.4. The van der Waals surface area contributed by atoms with Crippen LogP contribution in [0, 0.1) is 0 Å². The average molecular weight is 275 g/mol. The zero-order valence-electron chi connectivity index (χ0n) is 11.8. The van der Waals surface area contributed by atoms with Gasteiger partial charge in [-0.15, -0.1) is 0 Å². The molecule has 2 unspecified atom stereocenters. The number of ether oxygens (including phenoxy) is 2. The Morgan fingerprint density at radius 3 is 3.00 bits per heavy atom. The molecule has 0 aliphatic heterocycles. The maximum Gasteiger partial charge on any atom is 0.255 e. The Bertz CT molecular complexity index is 473. The van der Waals surface area contributed by atoms with E-state index in [9.17, 15) is 4.79 Å². The van der Waals surface area contributed by atoms with Crippen molar-refractivity contribution in [2.24, 2.45) is 0 Å². The summed E-state index contributed by atoms with van der Waals surface area (Å²) in [5.41, 5.74) is 0.552. The number of rotatable bonds is 6. The molecule has 2 atom stereocenters. The van der Waals surface area contributed by atoms with Crippen LogP contribution in [0.2, 0.25) is 0 Å². The van der Waals surface area contributed by atoms with Crippen LogP contribution in [0.1, 0.15) is 29.6 Å². The molecule has 0 radical (unpaired) electrons. The van der Waals surface area contributed by atoms with Gasteiger partial charge in [0.25, 0.3) is 5.91 Å². The standard InChI is InChI=1S/C16H21NO3/c1-3-11-20-14-9-5-4-7-12(14)16(18)17-13-8-6-10-15(13)19-2/h3-5,7,9,13,15H,1,6,8,10-11H2,2H3,(H,17,18). The number of carbonyl (C=O) groups excluding carboxylic acids is 1. The Morgan fingerprint density at radius 2 is 2.25 bits per heavy atom. The highest BCUT2D eigenvalue weighted by Crippen LogP contribution is 2.23. The van der Waals surface area contributed by atoms with E-state index in [1.54, 1.807) is 25.3 Å². The van der Waals surface area contributed by atoms with Gasteiger partial charge in [-0.1, -0.05) is 24.8 Å². The van der Waals surface area contributed by atoms with Gasteiger partial charge < -0.3 is 14.8 Å². The molecule has 1 saturated carbocycles. The fraction of sp³-hybridized carbons (Fsp3) is 0.438. The van der Waals surface area contributed by atoms with E-state index < -0.39 is 0 Å². The number of amides is 1. The Balaban J connectivity index is 2.06. The number of hydrogen-bond acceptors (Lipinski definition) is 3. The molecule has 20 heavy (non-hydrogen) atoms. The first kappa shape index (κ1) is 14.6. The summed E-state index contributed by atoms with van der Waals surface area (Å²) in [4.78, 5) is 12.4. The maximum absolute atomic E-state index is 12.4. The molecule has 0 aromatic heterocycles. The smallest absolute Gasteiger partial charge is 0.255 e. The minimum atomic E-state index is -0.112. The first-order valence-corrected chi connectivity index (χ1v) is 6.92. The quantitative estimate of drug-likeness (QED) is 0.812. The van der Waals surface area contributed by atoms with Crippen LogP contribution in [0.15, 0.2) is 36.9 Å². The molecule has 1 aliphatic carbocycles. The molecular formula is C16H21NO3. The van der Waals surface area contributed by atoms with Crippen molar-refractivity contribution in [3.63, 3.8) is 0 Å². The van der Waals surface area contributed by atoms with Gasteiger partial charge in [0.1, 0.15) is 12.4 Å². The van der Waals surface area contributed by atoms with Crippen molar-refractivity contribution in [2.45, 2.75) is 31.4 Å². The number of para-hydroxylation sites is 1. The second kappa shape index (κ2) is 7.10. The summed E-state index contributed by atoms with van der Waals surface area (Å²) >= 11 is 0. The molecule has 4 nitrogen and oxygen atoms in total. The molecule has 2 rings (SSSR count). The normalized spacial score (nSPS) is 21.4. The molecule has 1 fully saturated rings. The van der Waals surface area contributed by atoms with Crippen LogP contribution < -0.4 is 10.1 Å². The summed E-state index contributed by atoms with van der Waals surface area (Å²) < 4.78 is 10.9. The van der Waals surface area contributed by atoms with Crippen molar-refractivity contribution >= 4 is 5.91 Å². The minimum absolute atomic E-state index is 0.0833. The third-order valence-electron chi connectivity index (χ3n) is 3.56. The summed E-state index contributed by atoms with van der Waals surface area (Å²) in [6.45, 7) is 4.00. The van der Waals surface area contributed by atoms with Crippen LogP contribution in [-0.4, -0.2) is 31.8 Å². The largest absolute Gasteiger partial charge is 0.489 e. The first-order valence-electron chi connectivity index (χ1n) is 6.92. The molecule has 1 N–H and O–H groups in total. The second-order valence-electron chi connectivity index (χ2n) is 4.88. The highest BCUT2D eigenvalue weighted by molar-refractivity contribution is 5.97. The lowest BCUT2D eigenvalue weighted by atomic mass is 10.1. The molecule has 108 valence electrons. The second-order valence-corrected chi connectivity index (χ2v) is 4.88. The highest BCUT2D eigenvalue weighted by Gasteiger charge is 2.29. The molecule has 1 aromatic carbocycles.